The summed E-state index contributed by atoms with van der Waals surface area (Å²) in [5.41, 5.74) is 0.467. The first-order valence-corrected chi connectivity index (χ1v) is 4.73. The van der Waals surface area contributed by atoms with Gasteiger partial charge in [0.05, 0.1) is 5.56 Å². The Morgan fingerprint density at radius 3 is 2.00 bits per heavy atom. The summed E-state index contributed by atoms with van der Waals surface area (Å²) in [4.78, 5) is 10.8. The molecule has 0 heterocycles. The van der Waals surface area contributed by atoms with Gasteiger partial charge < -0.3 is 0 Å². The van der Waals surface area contributed by atoms with Crippen LogP contribution in [0.4, 0.5) is 0 Å². The third kappa shape index (κ3) is 2.04. The summed E-state index contributed by atoms with van der Waals surface area (Å²) < 4.78 is 1.40. The third-order valence-electron chi connectivity index (χ3n) is 1.16. The van der Waals surface area contributed by atoms with Crippen LogP contribution in [0.1, 0.15) is 10.4 Å². The summed E-state index contributed by atoms with van der Waals surface area (Å²) in [5, 5.41) is -0.468. The standard InChI is InChI=1S/C7H3Br2ClO/c8-4-2-1-3-5(9)6(4)7(10)11/h1-3H. The SMILES string of the molecule is O=C(Cl)c1c(Br)cccc1Br. The number of carbonyl (C=O) groups excluding carboxylic acids is 1. The van der Waals surface area contributed by atoms with Crippen LogP contribution in [-0.4, -0.2) is 5.24 Å². The van der Waals surface area contributed by atoms with E-state index in [1.165, 1.54) is 0 Å². The van der Waals surface area contributed by atoms with Crippen LogP contribution in [0.3, 0.4) is 0 Å². The highest BCUT2D eigenvalue weighted by molar-refractivity contribution is 9.11. The molecule has 0 saturated heterocycles. The minimum absolute atomic E-state index is 0.467. The highest BCUT2D eigenvalue weighted by atomic mass is 79.9. The number of halogens is 3. The molecule has 0 aliphatic rings. The molecule has 0 bridgehead atoms. The molecule has 0 aromatic heterocycles. The Kier molecular flexibility index (Phi) is 3.10. The van der Waals surface area contributed by atoms with Gasteiger partial charge in [-0.3, -0.25) is 4.79 Å². The number of benzene rings is 1. The maximum Gasteiger partial charge on any atom is 0.254 e. The normalized spacial score (nSPS) is 9.73. The Balaban J connectivity index is 3.32. The van der Waals surface area contributed by atoms with Gasteiger partial charge in [-0.2, -0.15) is 0 Å². The smallest absolute Gasteiger partial charge is 0.254 e. The summed E-state index contributed by atoms with van der Waals surface area (Å²) in [6.45, 7) is 0. The summed E-state index contributed by atoms with van der Waals surface area (Å²) in [7, 11) is 0. The Morgan fingerprint density at radius 2 is 1.73 bits per heavy atom. The highest BCUT2D eigenvalue weighted by Gasteiger charge is 2.09. The zero-order valence-corrected chi connectivity index (χ0v) is 9.20. The number of hydrogen-bond acceptors (Lipinski definition) is 1. The Bertz CT molecular complexity index is 278. The van der Waals surface area contributed by atoms with Crippen molar-refractivity contribution < 1.29 is 4.79 Å². The van der Waals surface area contributed by atoms with Crippen molar-refractivity contribution in [3.8, 4) is 0 Å². The van der Waals surface area contributed by atoms with Gasteiger partial charge in [-0.25, -0.2) is 0 Å². The first-order valence-electron chi connectivity index (χ1n) is 2.77. The molecule has 0 amide bonds. The molecular formula is C7H3Br2ClO. The molecule has 0 N–H and O–H groups in total. The molecule has 0 spiro atoms. The van der Waals surface area contributed by atoms with E-state index in [0.717, 1.165) is 0 Å². The van der Waals surface area contributed by atoms with Gasteiger partial charge in [0.15, 0.2) is 0 Å². The molecule has 0 atom stereocenters. The van der Waals surface area contributed by atoms with Crippen LogP contribution in [0.2, 0.25) is 0 Å². The monoisotopic (exact) mass is 296 g/mol. The molecule has 11 heavy (non-hydrogen) atoms. The van der Waals surface area contributed by atoms with Crippen molar-refractivity contribution in [1.29, 1.82) is 0 Å². The molecule has 0 fully saturated rings. The Morgan fingerprint density at radius 1 is 1.27 bits per heavy atom. The molecular weight excluding hydrogens is 295 g/mol. The second-order valence-corrected chi connectivity index (χ2v) is 3.92. The minimum Gasteiger partial charge on any atom is -0.276 e. The molecule has 58 valence electrons. The van der Waals surface area contributed by atoms with E-state index in [9.17, 15) is 4.79 Å². The molecule has 0 unspecified atom stereocenters. The van der Waals surface area contributed by atoms with Crippen LogP contribution >= 0.6 is 43.5 Å². The topological polar surface area (TPSA) is 17.1 Å². The molecule has 0 aliphatic heterocycles. The lowest BCUT2D eigenvalue weighted by atomic mass is 10.2. The number of hydrogen-bond donors (Lipinski definition) is 0. The van der Waals surface area contributed by atoms with Crippen LogP contribution in [0.25, 0.3) is 0 Å². The van der Waals surface area contributed by atoms with Crippen LogP contribution < -0.4 is 0 Å². The first kappa shape index (κ1) is 9.23. The summed E-state index contributed by atoms with van der Waals surface area (Å²) in [6, 6.07) is 5.35. The summed E-state index contributed by atoms with van der Waals surface area (Å²) >= 11 is 11.7. The van der Waals surface area contributed by atoms with Crippen molar-refractivity contribution in [3.63, 3.8) is 0 Å². The maximum atomic E-state index is 10.8. The molecule has 1 aromatic carbocycles. The van der Waals surface area contributed by atoms with Crippen LogP contribution in [0, 0.1) is 0 Å². The summed E-state index contributed by atoms with van der Waals surface area (Å²) in [6.07, 6.45) is 0. The van der Waals surface area contributed by atoms with E-state index in [4.69, 9.17) is 11.6 Å². The van der Waals surface area contributed by atoms with Gasteiger partial charge in [0.25, 0.3) is 5.24 Å². The van der Waals surface area contributed by atoms with Crippen molar-refractivity contribution >= 4 is 48.7 Å². The summed E-state index contributed by atoms with van der Waals surface area (Å²) in [5.74, 6) is 0. The van der Waals surface area contributed by atoms with Crippen LogP contribution in [0.15, 0.2) is 27.1 Å². The fraction of sp³-hybridized carbons (Fsp3) is 0. The fourth-order valence-corrected chi connectivity index (χ4v) is 2.48. The fourth-order valence-electron chi connectivity index (χ4n) is 0.686. The lowest BCUT2D eigenvalue weighted by Gasteiger charge is -1.99. The number of carbonyl (C=O) groups is 1. The zero-order chi connectivity index (χ0) is 8.43. The third-order valence-corrected chi connectivity index (χ3v) is 2.67. The lowest BCUT2D eigenvalue weighted by molar-refractivity contribution is 0.108. The molecule has 4 heteroatoms. The van der Waals surface area contributed by atoms with Crippen molar-refractivity contribution in [2.45, 2.75) is 0 Å². The maximum absolute atomic E-state index is 10.8. The van der Waals surface area contributed by atoms with E-state index in [1.54, 1.807) is 12.1 Å². The largest absolute Gasteiger partial charge is 0.276 e. The molecule has 1 nitrogen and oxygen atoms in total. The Labute approximate surface area is 86.0 Å². The first-order chi connectivity index (χ1) is 5.13. The second kappa shape index (κ2) is 3.70. The number of rotatable bonds is 1. The van der Waals surface area contributed by atoms with Gasteiger partial charge in [-0.1, -0.05) is 6.07 Å². The average Bonchev–Trinajstić information content (AvgIpc) is 1.85. The van der Waals surface area contributed by atoms with Gasteiger partial charge in [-0.15, -0.1) is 0 Å². The van der Waals surface area contributed by atoms with Gasteiger partial charge in [0.1, 0.15) is 0 Å². The molecule has 0 radical (unpaired) electrons. The van der Waals surface area contributed by atoms with E-state index < -0.39 is 5.24 Å². The minimum atomic E-state index is -0.468. The van der Waals surface area contributed by atoms with Crippen molar-refractivity contribution in [2.75, 3.05) is 0 Å². The predicted octanol–water partition coefficient (Wildman–Crippen LogP) is 3.59. The van der Waals surface area contributed by atoms with Gasteiger partial charge in [0.2, 0.25) is 0 Å². The van der Waals surface area contributed by atoms with Gasteiger partial charge >= 0.3 is 0 Å². The predicted molar refractivity (Wildman–Crippen MR) is 52.0 cm³/mol. The van der Waals surface area contributed by atoms with E-state index >= 15 is 0 Å². The van der Waals surface area contributed by atoms with Gasteiger partial charge in [0, 0.05) is 8.95 Å². The van der Waals surface area contributed by atoms with Crippen LogP contribution in [-0.2, 0) is 0 Å². The quantitative estimate of drug-likeness (QED) is 0.724. The molecule has 1 aromatic rings. The second-order valence-electron chi connectivity index (χ2n) is 1.87. The zero-order valence-electron chi connectivity index (χ0n) is 5.27. The van der Waals surface area contributed by atoms with Crippen molar-refractivity contribution in [2.24, 2.45) is 0 Å². The highest BCUT2D eigenvalue weighted by Crippen LogP contribution is 2.26. The molecule has 0 saturated carbocycles. The van der Waals surface area contributed by atoms with E-state index in [0.29, 0.717) is 14.5 Å². The van der Waals surface area contributed by atoms with E-state index in [-0.39, 0.29) is 0 Å². The average molecular weight is 298 g/mol. The van der Waals surface area contributed by atoms with Gasteiger partial charge in [-0.05, 0) is 55.6 Å². The Hall–Kier alpha value is 0.140. The van der Waals surface area contributed by atoms with Crippen LogP contribution in [0.5, 0.6) is 0 Å². The lowest BCUT2D eigenvalue weighted by Crippen LogP contribution is -1.91. The van der Waals surface area contributed by atoms with E-state index in [1.807, 2.05) is 6.07 Å². The van der Waals surface area contributed by atoms with Crippen molar-refractivity contribution in [1.82, 2.24) is 0 Å². The van der Waals surface area contributed by atoms with E-state index in [2.05, 4.69) is 31.9 Å². The van der Waals surface area contributed by atoms with Crippen molar-refractivity contribution in [3.05, 3.63) is 32.7 Å². The molecule has 0 aliphatic carbocycles. The molecule has 1 rings (SSSR count).